The summed E-state index contributed by atoms with van der Waals surface area (Å²) < 4.78 is 5.72. The molecule has 3 nitrogen and oxygen atoms in total. The van der Waals surface area contributed by atoms with Crippen molar-refractivity contribution in [1.29, 1.82) is 0 Å². The number of benzene rings is 2. The minimum absolute atomic E-state index is 0.489. The molecule has 0 radical (unpaired) electrons. The van der Waals surface area contributed by atoms with Crippen LogP contribution in [0.5, 0.6) is 0 Å². The summed E-state index contributed by atoms with van der Waals surface area (Å²) in [7, 11) is 0. The van der Waals surface area contributed by atoms with Crippen LogP contribution in [-0.4, -0.2) is 4.98 Å². The van der Waals surface area contributed by atoms with E-state index in [0.717, 1.165) is 22.2 Å². The Morgan fingerprint density at radius 3 is 2.72 bits per heavy atom. The number of hydrogen-bond acceptors (Lipinski definition) is 3. The number of oxazole rings is 1. The molecule has 0 bridgehead atoms. The predicted molar refractivity (Wildman–Crippen MR) is 73.6 cm³/mol. The van der Waals surface area contributed by atoms with E-state index in [4.69, 9.17) is 21.8 Å². The Morgan fingerprint density at radius 2 is 1.94 bits per heavy atom. The van der Waals surface area contributed by atoms with Gasteiger partial charge in [0, 0.05) is 0 Å². The normalized spacial score (nSPS) is 11.0. The van der Waals surface area contributed by atoms with Gasteiger partial charge in [-0.1, -0.05) is 29.8 Å². The van der Waals surface area contributed by atoms with Gasteiger partial charge in [-0.05, 0) is 30.7 Å². The third-order valence-electron chi connectivity index (χ3n) is 2.90. The first-order valence-electron chi connectivity index (χ1n) is 5.57. The van der Waals surface area contributed by atoms with Gasteiger partial charge >= 0.3 is 0 Å². The SMILES string of the molecule is Cc1cccc2oc(-c3cccc(Cl)c3N)nc12. The van der Waals surface area contributed by atoms with Gasteiger partial charge in [-0.2, -0.15) is 0 Å². The fourth-order valence-electron chi connectivity index (χ4n) is 1.92. The largest absolute Gasteiger partial charge is 0.436 e. The van der Waals surface area contributed by atoms with Crippen molar-refractivity contribution >= 4 is 28.4 Å². The van der Waals surface area contributed by atoms with Crippen molar-refractivity contribution in [2.45, 2.75) is 6.92 Å². The molecule has 0 saturated heterocycles. The van der Waals surface area contributed by atoms with Crippen LogP contribution in [0.15, 0.2) is 40.8 Å². The van der Waals surface area contributed by atoms with Crippen molar-refractivity contribution in [1.82, 2.24) is 4.98 Å². The van der Waals surface area contributed by atoms with Crippen LogP contribution in [0.25, 0.3) is 22.6 Å². The summed E-state index contributed by atoms with van der Waals surface area (Å²) >= 11 is 6.00. The molecule has 0 unspecified atom stereocenters. The van der Waals surface area contributed by atoms with Gasteiger partial charge in [0.25, 0.3) is 0 Å². The first-order valence-corrected chi connectivity index (χ1v) is 5.95. The lowest BCUT2D eigenvalue weighted by Gasteiger charge is -2.02. The van der Waals surface area contributed by atoms with Crippen molar-refractivity contribution in [2.75, 3.05) is 5.73 Å². The highest BCUT2D eigenvalue weighted by atomic mass is 35.5. The van der Waals surface area contributed by atoms with Crippen LogP contribution in [0.1, 0.15) is 5.56 Å². The molecule has 0 aliphatic rings. The van der Waals surface area contributed by atoms with Crippen LogP contribution in [0, 0.1) is 6.92 Å². The average Bonchev–Trinajstić information content (AvgIpc) is 2.78. The molecule has 3 aromatic rings. The zero-order chi connectivity index (χ0) is 12.7. The van der Waals surface area contributed by atoms with Gasteiger partial charge in [0.1, 0.15) is 5.52 Å². The monoisotopic (exact) mass is 258 g/mol. The van der Waals surface area contributed by atoms with Gasteiger partial charge < -0.3 is 10.2 Å². The second kappa shape index (κ2) is 4.03. The fourth-order valence-corrected chi connectivity index (χ4v) is 2.10. The Labute approximate surface area is 109 Å². The third kappa shape index (κ3) is 1.64. The molecule has 2 aromatic carbocycles. The number of hydrogen-bond donors (Lipinski definition) is 1. The summed E-state index contributed by atoms with van der Waals surface area (Å²) in [6.45, 7) is 2.00. The van der Waals surface area contributed by atoms with Crippen LogP contribution in [0.2, 0.25) is 5.02 Å². The van der Waals surface area contributed by atoms with Crippen molar-refractivity contribution in [2.24, 2.45) is 0 Å². The number of para-hydroxylation sites is 2. The predicted octanol–water partition coefficient (Wildman–Crippen LogP) is 4.04. The first-order chi connectivity index (χ1) is 8.66. The van der Waals surface area contributed by atoms with E-state index in [1.807, 2.05) is 37.3 Å². The maximum Gasteiger partial charge on any atom is 0.229 e. The van der Waals surface area contributed by atoms with Crippen molar-refractivity contribution in [3.8, 4) is 11.5 Å². The third-order valence-corrected chi connectivity index (χ3v) is 3.23. The van der Waals surface area contributed by atoms with Crippen LogP contribution in [0.3, 0.4) is 0 Å². The summed E-state index contributed by atoms with van der Waals surface area (Å²) in [4.78, 5) is 4.48. The number of anilines is 1. The topological polar surface area (TPSA) is 52.0 Å². The van der Waals surface area contributed by atoms with Crippen LogP contribution < -0.4 is 5.73 Å². The summed E-state index contributed by atoms with van der Waals surface area (Å²) in [5.41, 5.74) is 9.83. The smallest absolute Gasteiger partial charge is 0.229 e. The molecular formula is C14H11ClN2O. The molecule has 2 N–H and O–H groups in total. The van der Waals surface area contributed by atoms with E-state index in [0.29, 0.717) is 16.6 Å². The van der Waals surface area contributed by atoms with Gasteiger partial charge in [0.05, 0.1) is 16.3 Å². The molecule has 0 fully saturated rings. The Bertz CT molecular complexity index is 734. The minimum atomic E-state index is 0.489. The van der Waals surface area contributed by atoms with Crippen LogP contribution in [0.4, 0.5) is 5.69 Å². The number of nitrogens with zero attached hydrogens (tertiary/aromatic N) is 1. The minimum Gasteiger partial charge on any atom is -0.436 e. The number of halogens is 1. The summed E-state index contributed by atoms with van der Waals surface area (Å²) in [5, 5.41) is 0.506. The Morgan fingerprint density at radius 1 is 1.17 bits per heavy atom. The molecule has 0 aliphatic heterocycles. The van der Waals surface area contributed by atoms with Gasteiger partial charge in [0.2, 0.25) is 5.89 Å². The summed E-state index contributed by atoms with van der Waals surface area (Å²) in [6.07, 6.45) is 0. The molecular weight excluding hydrogens is 248 g/mol. The van der Waals surface area contributed by atoms with Crippen LogP contribution >= 0.6 is 11.6 Å². The van der Waals surface area contributed by atoms with Gasteiger partial charge in [-0.15, -0.1) is 0 Å². The van der Waals surface area contributed by atoms with Crippen molar-refractivity contribution in [3.63, 3.8) is 0 Å². The second-order valence-corrected chi connectivity index (χ2v) is 4.55. The number of aromatic nitrogens is 1. The molecule has 0 spiro atoms. The molecule has 0 saturated carbocycles. The Hall–Kier alpha value is -2.00. The lowest BCUT2D eigenvalue weighted by atomic mass is 10.2. The van der Waals surface area contributed by atoms with E-state index in [9.17, 15) is 0 Å². The highest BCUT2D eigenvalue weighted by Gasteiger charge is 2.13. The molecule has 18 heavy (non-hydrogen) atoms. The molecule has 3 rings (SSSR count). The van der Waals surface area contributed by atoms with Crippen molar-refractivity contribution in [3.05, 3.63) is 47.0 Å². The maximum absolute atomic E-state index is 6.00. The summed E-state index contributed by atoms with van der Waals surface area (Å²) in [5.74, 6) is 0.499. The van der Waals surface area contributed by atoms with E-state index < -0.39 is 0 Å². The Kier molecular flexibility index (Phi) is 2.49. The highest BCUT2D eigenvalue weighted by molar-refractivity contribution is 6.33. The molecule has 0 amide bonds. The number of aryl methyl sites for hydroxylation is 1. The number of nitrogen functional groups attached to an aromatic ring is 1. The van der Waals surface area contributed by atoms with E-state index in [1.165, 1.54) is 0 Å². The number of nitrogens with two attached hydrogens (primary N) is 1. The van der Waals surface area contributed by atoms with Gasteiger partial charge in [-0.3, -0.25) is 0 Å². The van der Waals surface area contributed by atoms with Gasteiger partial charge in [-0.25, -0.2) is 4.98 Å². The quantitative estimate of drug-likeness (QED) is 0.670. The molecule has 90 valence electrons. The van der Waals surface area contributed by atoms with E-state index in [1.54, 1.807) is 6.07 Å². The molecule has 1 heterocycles. The second-order valence-electron chi connectivity index (χ2n) is 4.14. The highest BCUT2D eigenvalue weighted by Crippen LogP contribution is 2.33. The molecule has 4 heteroatoms. The number of rotatable bonds is 1. The van der Waals surface area contributed by atoms with E-state index >= 15 is 0 Å². The van der Waals surface area contributed by atoms with Crippen LogP contribution in [-0.2, 0) is 0 Å². The molecule has 0 atom stereocenters. The standard InChI is InChI=1S/C14H11ClN2O/c1-8-4-2-7-11-13(8)17-14(18-11)9-5-3-6-10(15)12(9)16/h2-7H,16H2,1H3. The lowest BCUT2D eigenvalue weighted by Crippen LogP contribution is -1.90. The molecule has 0 aliphatic carbocycles. The zero-order valence-electron chi connectivity index (χ0n) is 9.77. The summed E-state index contributed by atoms with van der Waals surface area (Å²) in [6, 6.07) is 11.2. The fraction of sp³-hybridized carbons (Fsp3) is 0.0714. The van der Waals surface area contributed by atoms with Crippen molar-refractivity contribution < 1.29 is 4.42 Å². The maximum atomic E-state index is 6.00. The number of fused-ring (bicyclic) bond motifs is 1. The van der Waals surface area contributed by atoms with Gasteiger partial charge in [0.15, 0.2) is 5.58 Å². The lowest BCUT2D eigenvalue weighted by molar-refractivity contribution is 0.620. The van der Waals surface area contributed by atoms with E-state index in [-0.39, 0.29) is 0 Å². The first kappa shape index (κ1) is 11.1. The zero-order valence-corrected chi connectivity index (χ0v) is 10.5. The Balaban J connectivity index is 2.26. The molecule has 1 aromatic heterocycles. The average molecular weight is 259 g/mol. The van der Waals surface area contributed by atoms with E-state index in [2.05, 4.69) is 4.98 Å².